The van der Waals surface area contributed by atoms with Gasteiger partial charge in [0.2, 0.25) is 5.95 Å². The molecular formula is C18H19N3. The molecule has 0 aliphatic rings. The van der Waals surface area contributed by atoms with Crippen molar-refractivity contribution in [2.75, 3.05) is 5.32 Å². The first-order valence-electron chi connectivity index (χ1n) is 7.19. The molecule has 3 nitrogen and oxygen atoms in total. The second kappa shape index (κ2) is 5.83. The van der Waals surface area contributed by atoms with Crippen molar-refractivity contribution in [1.29, 1.82) is 0 Å². The highest BCUT2D eigenvalue weighted by Crippen LogP contribution is 2.23. The molecule has 1 aromatic heterocycles. The van der Waals surface area contributed by atoms with Crippen molar-refractivity contribution in [3.8, 4) is 11.1 Å². The first-order valence-corrected chi connectivity index (χ1v) is 7.19. The van der Waals surface area contributed by atoms with E-state index in [4.69, 9.17) is 0 Å². The Balaban J connectivity index is 1.80. The van der Waals surface area contributed by atoms with Gasteiger partial charge in [0.15, 0.2) is 0 Å². The molecule has 1 heterocycles. The predicted octanol–water partition coefficient (Wildman–Crippen LogP) is 4.87. The normalized spacial score (nSPS) is 10.8. The lowest BCUT2D eigenvalue weighted by Crippen LogP contribution is -2.05. The fourth-order valence-corrected chi connectivity index (χ4v) is 2.33. The molecule has 0 fully saturated rings. The summed E-state index contributed by atoms with van der Waals surface area (Å²) in [5.74, 6) is 0.873. The highest BCUT2D eigenvalue weighted by Gasteiger charge is 2.06. The Morgan fingerprint density at radius 2 is 1.57 bits per heavy atom. The largest absolute Gasteiger partial charge is 0.326 e. The van der Waals surface area contributed by atoms with Gasteiger partial charge >= 0.3 is 0 Å². The van der Waals surface area contributed by atoms with Gasteiger partial charge < -0.3 is 9.88 Å². The van der Waals surface area contributed by atoms with E-state index in [2.05, 4.69) is 77.2 Å². The number of anilines is 2. The first kappa shape index (κ1) is 13.4. The molecule has 3 rings (SSSR count). The maximum atomic E-state index is 4.37. The molecule has 0 radical (unpaired) electrons. The molecule has 3 heteroatoms. The fraction of sp³-hybridized carbons (Fsp3) is 0.167. The summed E-state index contributed by atoms with van der Waals surface area (Å²) in [5.41, 5.74) is 3.49. The summed E-state index contributed by atoms with van der Waals surface area (Å²) < 4.78 is 2.12. The third-order valence-corrected chi connectivity index (χ3v) is 3.47. The van der Waals surface area contributed by atoms with Gasteiger partial charge in [0, 0.05) is 24.1 Å². The lowest BCUT2D eigenvalue weighted by atomic mass is 10.1. The third-order valence-electron chi connectivity index (χ3n) is 3.47. The standard InChI is InChI=1S/C18H19N3/c1-14(2)21-13-12-19-18(21)20-17-10-8-16(9-11-17)15-6-4-3-5-7-15/h3-14H,1-2H3,(H,19,20). The van der Waals surface area contributed by atoms with Crippen LogP contribution in [0, 0.1) is 0 Å². The van der Waals surface area contributed by atoms with Crippen molar-refractivity contribution in [3.05, 3.63) is 67.0 Å². The number of benzene rings is 2. The first-order chi connectivity index (χ1) is 10.2. The minimum atomic E-state index is 0.388. The van der Waals surface area contributed by atoms with Crippen molar-refractivity contribution in [2.24, 2.45) is 0 Å². The molecule has 0 spiro atoms. The van der Waals surface area contributed by atoms with Gasteiger partial charge in [-0.1, -0.05) is 42.5 Å². The zero-order valence-corrected chi connectivity index (χ0v) is 12.3. The molecule has 0 bridgehead atoms. The highest BCUT2D eigenvalue weighted by atomic mass is 15.2. The van der Waals surface area contributed by atoms with Crippen LogP contribution in [0.3, 0.4) is 0 Å². The van der Waals surface area contributed by atoms with Crippen LogP contribution >= 0.6 is 0 Å². The Labute approximate surface area is 125 Å². The van der Waals surface area contributed by atoms with E-state index >= 15 is 0 Å². The summed E-state index contributed by atoms with van der Waals surface area (Å²) in [5, 5.41) is 3.36. The molecule has 106 valence electrons. The summed E-state index contributed by atoms with van der Waals surface area (Å²) >= 11 is 0. The Morgan fingerprint density at radius 3 is 2.24 bits per heavy atom. The van der Waals surface area contributed by atoms with Crippen LogP contribution in [0.5, 0.6) is 0 Å². The lowest BCUT2D eigenvalue weighted by molar-refractivity contribution is 0.608. The van der Waals surface area contributed by atoms with E-state index in [1.165, 1.54) is 11.1 Å². The molecule has 21 heavy (non-hydrogen) atoms. The van der Waals surface area contributed by atoms with E-state index in [0.717, 1.165) is 11.6 Å². The van der Waals surface area contributed by atoms with E-state index < -0.39 is 0 Å². The summed E-state index contributed by atoms with van der Waals surface area (Å²) in [4.78, 5) is 4.37. The summed E-state index contributed by atoms with van der Waals surface area (Å²) in [6.07, 6.45) is 3.81. The van der Waals surface area contributed by atoms with Crippen molar-refractivity contribution >= 4 is 11.6 Å². The average molecular weight is 277 g/mol. The molecule has 1 N–H and O–H groups in total. The van der Waals surface area contributed by atoms with Gasteiger partial charge in [0.1, 0.15) is 0 Å². The quantitative estimate of drug-likeness (QED) is 0.737. The van der Waals surface area contributed by atoms with Crippen LogP contribution in [0.25, 0.3) is 11.1 Å². The third kappa shape index (κ3) is 2.97. The topological polar surface area (TPSA) is 29.9 Å². The van der Waals surface area contributed by atoms with Crippen LogP contribution in [-0.4, -0.2) is 9.55 Å². The molecule has 0 unspecified atom stereocenters. The van der Waals surface area contributed by atoms with Gasteiger partial charge in [0.05, 0.1) is 0 Å². The number of nitrogens with zero attached hydrogens (tertiary/aromatic N) is 2. The molecule has 2 aromatic carbocycles. The minimum Gasteiger partial charge on any atom is -0.326 e. The molecular weight excluding hydrogens is 258 g/mol. The van der Waals surface area contributed by atoms with E-state index in [9.17, 15) is 0 Å². The van der Waals surface area contributed by atoms with E-state index in [1.807, 2.05) is 18.5 Å². The van der Waals surface area contributed by atoms with Gasteiger partial charge in [-0.2, -0.15) is 0 Å². The smallest absolute Gasteiger partial charge is 0.207 e. The monoisotopic (exact) mass is 277 g/mol. The Morgan fingerprint density at radius 1 is 0.905 bits per heavy atom. The number of hydrogen-bond donors (Lipinski definition) is 1. The molecule has 0 atom stereocenters. The maximum Gasteiger partial charge on any atom is 0.207 e. The number of rotatable bonds is 4. The highest BCUT2D eigenvalue weighted by molar-refractivity contribution is 5.67. The number of imidazole rings is 1. The number of hydrogen-bond acceptors (Lipinski definition) is 2. The summed E-state index contributed by atoms with van der Waals surface area (Å²) in [7, 11) is 0. The van der Waals surface area contributed by atoms with E-state index in [0.29, 0.717) is 6.04 Å². The molecule has 0 amide bonds. The number of aromatic nitrogens is 2. The predicted molar refractivity (Wildman–Crippen MR) is 87.8 cm³/mol. The fourth-order valence-electron chi connectivity index (χ4n) is 2.33. The van der Waals surface area contributed by atoms with E-state index in [1.54, 1.807) is 0 Å². The maximum absolute atomic E-state index is 4.37. The van der Waals surface area contributed by atoms with Crippen LogP contribution in [0.15, 0.2) is 67.0 Å². The SMILES string of the molecule is CC(C)n1ccnc1Nc1ccc(-c2ccccc2)cc1. The molecule has 0 saturated carbocycles. The molecule has 0 aliphatic heterocycles. The zero-order valence-electron chi connectivity index (χ0n) is 12.3. The van der Waals surface area contributed by atoms with Crippen LogP contribution in [0.4, 0.5) is 11.6 Å². The Bertz CT molecular complexity index is 697. The minimum absolute atomic E-state index is 0.388. The number of nitrogens with one attached hydrogen (secondary N) is 1. The van der Waals surface area contributed by atoms with Crippen molar-refractivity contribution in [1.82, 2.24) is 9.55 Å². The second-order valence-corrected chi connectivity index (χ2v) is 5.32. The second-order valence-electron chi connectivity index (χ2n) is 5.32. The Kier molecular flexibility index (Phi) is 3.73. The molecule has 0 aliphatic carbocycles. The van der Waals surface area contributed by atoms with Gasteiger partial charge in [-0.3, -0.25) is 0 Å². The van der Waals surface area contributed by atoms with Crippen molar-refractivity contribution in [3.63, 3.8) is 0 Å². The van der Waals surface area contributed by atoms with E-state index in [-0.39, 0.29) is 0 Å². The molecule has 0 saturated heterocycles. The van der Waals surface area contributed by atoms with Crippen LogP contribution in [0.1, 0.15) is 19.9 Å². The van der Waals surface area contributed by atoms with Crippen molar-refractivity contribution in [2.45, 2.75) is 19.9 Å². The van der Waals surface area contributed by atoms with Gasteiger partial charge in [-0.15, -0.1) is 0 Å². The average Bonchev–Trinajstić information content (AvgIpc) is 2.97. The van der Waals surface area contributed by atoms with Crippen LogP contribution in [-0.2, 0) is 0 Å². The van der Waals surface area contributed by atoms with Gasteiger partial charge in [0.25, 0.3) is 0 Å². The molecule has 3 aromatic rings. The van der Waals surface area contributed by atoms with Crippen LogP contribution < -0.4 is 5.32 Å². The van der Waals surface area contributed by atoms with Crippen molar-refractivity contribution < 1.29 is 0 Å². The van der Waals surface area contributed by atoms with Gasteiger partial charge in [-0.05, 0) is 37.1 Å². The zero-order chi connectivity index (χ0) is 14.7. The van der Waals surface area contributed by atoms with Crippen LogP contribution in [0.2, 0.25) is 0 Å². The summed E-state index contributed by atoms with van der Waals surface area (Å²) in [6.45, 7) is 4.29. The summed E-state index contributed by atoms with van der Waals surface area (Å²) in [6, 6.07) is 19.2. The Hall–Kier alpha value is -2.55. The van der Waals surface area contributed by atoms with Gasteiger partial charge in [-0.25, -0.2) is 4.98 Å². The lowest BCUT2D eigenvalue weighted by Gasteiger charge is -2.13.